The number of para-hydroxylation sites is 1. The zero-order chi connectivity index (χ0) is 17.8. The van der Waals surface area contributed by atoms with E-state index in [1.165, 1.54) is 6.07 Å². The molecule has 0 atom stereocenters. The van der Waals surface area contributed by atoms with Crippen molar-refractivity contribution < 1.29 is 23.0 Å². The molecule has 7 heteroatoms. The summed E-state index contributed by atoms with van der Waals surface area (Å²) in [6.07, 6.45) is 0. The maximum atomic E-state index is 13.3. The van der Waals surface area contributed by atoms with E-state index in [9.17, 15) is 13.6 Å². The Morgan fingerprint density at radius 2 is 1.88 bits per heavy atom. The van der Waals surface area contributed by atoms with Crippen LogP contribution in [0.4, 0.5) is 8.78 Å². The van der Waals surface area contributed by atoms with E-state index in [0.29, 0.717) is 16.5 Å². The van der Waals surface area contributed by atoms with Crippen LogP contribution in [0.1, 0.15) is 23.1 Å². The standard InChI is InChI=1S/C18H14F2N2O3/c1-2-24-18(23)16-21-15-6-4-3-5-12(15)17(22-16)25-10-11-7-8-13(19)14(20)9-11/h3-9H,2,10H2,1H3. The van der Waals surface area contributed by atoms with Gasteiger partial charge in [-0.1, -0.05) is 18.2 Å². The van der Waals surface area contributed by atoms with E-state index < -0.39 is 17.6 Å². The molecule has 3 rings (SSSR count). The minimum absolute atomic E-state index is 0.0412. The Hall–Kier alpha value is -3.09. The maximum Gasteiger partial charge on any atom is 0.376 e. The maximum absolute atomic E-state index is 13.3. The minimum atomic E-state index is -0.958. The predicted molar refractivity (Wildman–Crippen MR) is 86.2 cm³/mol. The first kappa shape index (κ1) is 16.8. The summed E-state index contributed by atoms with van der Waals surface area (Å²) in [5.74, 6) is -2.51. The van der Waals surface area contributed by atoms with Gasteiger partial charge in [0.25, 0.3) is 0 Å². The van der Waals surface area contributed by atoms with Crippen LogP contribution >= 0.6 is 0 Å². The number of hydrogen-bond acceptors (Lipinski definition) is 5. The molecule has 5 nitrogen and oxygen atoms in total. The highest BCUT2D eigenvalue weighted by Gasteiger charge is 2.16. The SMILES string of the molecule is CCOC(=O)c1nc(OCc2ccc(F)c(F)c2)c2ccccc2n1. The van der Waals surface area contributed by atoms with Crippen molar-refractivity contribution in [3.8, 4) is 5.88 Å². The van der Waals surface area contributed by atoms with Gasteiger partial charge in [-0.15, -0.1) is 0 Å². The average Bonchev–Trinajstić information content (AvgIpc) is 2.62. The largest absolute Gasteiger partial charge is 0.472 e. The van der Waals surface area contributed by atoms with Gasteiger partial charge >= 0.3 is 5.97 Å². The van der Waals surface area contributed by atoms with Gasteiger partial charge in [0.05, 0.1) is 17.5 Å². The molecule has 3 aromatic rings. The van der Waals surface area contributed by atoms with Crippen LogP contribution in [0.3, 0.4) is 0 Å². The molecule has 25 heavy (non-hydrogen) atoms. The third-order valence-electron chi connectivity index (χ3n) is 3.39. The Balaban J connectivity index is 1.93. The highest BCUT2D eigenvalue weighted by atomic mass is 19.2. The molecule has 2 aromatic carbocycles. The highest BCUT2D eigenvalue weighted by Crippen LogP contribution is 2.23. The summed E-state index contributed by atoms with van der Waals surface area (Å²) in [6, 6.07) is 10.5. The summed E-state index contributed by atoms with van der Waals surface area (Å²) in [4.78, 5) is 20.2. The summed E-state index contributed by atoms with van der Waals surface area (Å²) >= 11 is 0. The molecule has 1 aromatic heterocycles. The number of nitrogens with zero attached hydrogens (tertiary/aromatic N) is 2. The number of benzene rings is 2. The summed E-state index contributed by atoms with van der Waals surface area (Å²) in [6.45, 7) is 1.83. The first-order valence-corrected chi connectivity index (χ1v) is 7.59. The molecule has 128 valence electrons. The van der Waals surface area contributed by atoms with E-state index in [1.54, 1.807) is 31.2 Å². The van der Waals surface area contributed by atoms with Crippen LogP contribution in [0.25, 0.3) is 10.9 Å². The smallest absolute Gasteiger partial charge is 0.376 e. The number of fused-ring (bicyclic) bond motifs is 1. The Morgan fingerprint density at radius 3 is 2.64 bits per heavy atom. The normalized spacial score (nSPS) is 10.7. The van der Waals surface area contributed by atoms with Crippen molar-refractivity contribution in [2.75, 3.05) is 6.61 Å². The lowest BCUT2D eigenvalue weighted by Crippen LogP contribution is -2.11. The molecule has 0 saturated heterocycles. The van der Waals surface area contributed by atoms with Crippen molar-refractivity contribution in [2.24, 2.45) is 0 Å². The van der Waals surface area contributed by atoms with Gasteiger partial charge < -0.3 is 9.47 Å². The molecular formula is C18H14F2N2O3. The molecule has 0 bridgehead atoms. The van der Waals surface area contributed by atoms with Gasteiger partial charge in [0.1, 0.15) is 6.61 Å². The number of carbonyl (C=O) groups is 1. The summed E-state index contributed by atoms with van der Waals surface area (Å²) in [5, 5.41) is 0.595. The lowest BCUT2D eigenvalue weighted by molar-refractivity contribution is 0.0511. The number of ether oxygens (including phenoxy) is 2. The third-order valence-corrected chi connectivity index (χ3v) is 3.39. The number of hydrogen-bond donors (Lipinski definition) is 0. The van der Waals surface area contributed by atoms with Crippen molar-refractivity contribution in [3.63, 3.8) is 0 Å². The van der Waals surface area contributed by atoms with Gasteiger partial charge in [0, 0.05) is 0 Å². The second kappa shape index (κ2) is 7.21. The molecular weight excluding hydrogens is 330 g/mol. The average molecular weight is 344 g/mol. The van der Waals surface area contributed by atoms with Crippen LogP contribution in [-0.2, 0) is 11.3 Å². The summed E-state index contributed by atoms with van der Waals surface area (Å²) in [7, 11) is 0. The number of rotatable bonds is 5. The first-order valence-electron chi connectivity index (χ1n) is 7.59. The predicted octanol–water partition coefficient (Wildman–Crippen LogP) is 3.66. The van der Waals surface area contributed by atoms with E-state index in [2.05, 4.69) is 9.97 Å². The van der Waals surface area contributed by atoms with Crippen LogP contribution in [0.15, 0.2) is 42.5 Å². The molecule has 0 aliphatic rings. The Labute approximate surface area is 142 Å². The molecule has 0 N–H and O–H groups in total. The van der Waals surface area contributed by atoms with Crippen LogP contribution in [-0.4, -0.2) is 22.5 Å². The zero-order valence-electron chi connectivity index (χ0n) is 13.3. The van der Waals surface area contributed by atoms with E-state index in [-0.39, 0.29) is 24.9 Å². The fraction of sp³-hybridized carbons (Fsp3) is 0.167. The fourth-order valence-corrected chi connectivity index (χ4v) is 2.23. The first-order chi connectivity index (χ1) is 12.1. The molecule has 0 saturated carbocycles. The number of esters is 1. The van der Waals surface area contributed by atoms with Gasteiger partial charge in [-0.3, -0.25) is 0 Å². The van der Waals surface area contributed by atoms with Gasteiger partial charge in [-0.2, -0.15) is 4.98 Å². The lowest BCUT2D eigenvalue weighted by Gasteiger charge is -2.10. The molecule has 0 spiro atoms. The van der Waals surface area contributed by atoms with Gasteiger partial charge in [-0.05, 0) is 36.8 Å². The number of halogens is 2. The van der Waals surface area contributed by atoms with E-state index in [4.69, 9.17) is 9.47 Å². The summed E-state index contributed by atoms with van der Waals surface area (Å²) in [5.41, 5.74) is 0.945. The van der Waals surface area contributed by atoms with E-state index in [1.807, 2.05) is 0 Å². The minimum Gasteiger partial charge on any atom is -0.472 e. The second-order valence-corrected chi connectivity index (χ2v) is 5.13. The summed E-state index contributed by atoms with van der Waals surface area (Å²) < 4.78 is 36.8. The molecule has 0 amide bonds. The lowest BCUT2D eigenvalue weighted by atomic mass is 10.2. The van der Waals surface area contributed by atoms with Crippen LogP contribution in [0.2, 0.25) is 0 Å². The number of carbonyl (C=O) groups excluding carboxylic acids is 1. The van der Waals surface area contributed by atoms with Gasteiger partial charge in [-0.25, -0.2) is 18.6 Å². The van der Waals surface area contributed by atoms with Crippen molar-refractivity contribution in [3.05, 3.63) is 65.5 Å². The second-order valence-electron chi connectivity index (χ2n) is 5.13. The Morgan fingerprint density at radius 1 is 1.08 bits per heavy atom. The molecule has 0 radical (unpaired) electrons. The van der Waals surface area contributed by atoms with Crippen LogP contribution in [0.5, 0.6) is 5.88 Å². The topological polar surface area (TPSA) is 61.3 Å². The van der Waals surface area contributed by atoms with E-state index in [0.717, 1.165) is 12.1 Å². The monoisotopic (exact) mass is 344 g/mol. The molecule has 1 heterocycles. The van der Waals surface area contributed by atoms with Crippen LogP contribution in [0, 0.1) is 11.6 Å². The fourth-order valence-electron chi connectivity index (χ4n) is 2.23. The van der Waals surface area contributed by atoms with Gasteiger partial charge in [0.15, 0.2) is 11.6 Å². The molecule has 0 aliphatic heterocycles. The van der Waals surface area contributed by atoms with Crippen molar-refractivity contribution in [1.29, 1.82) is 0 Å². The zero-order valence-corrected chi connectivity index (χ0v) is 13.3. The van der Waals surface area contributed by atoms with Crippen molar-refractivity contribution >= 4 is 16.9 Å². The highest BCUT2D eigenvalue weighted by molar-refractivity contribution is 5.90. The molecule has 0 aliphatic carbocycles. The molecule has 0 fully saturated rings. The molecule has 0 unspecified atom stereocenters. The third kappa shape index (κ3) is 3.71. The van der Waals surface area contributed by atoms with E-state index >= 15 is 0 Å². The Bertz CT molecular complexity index is 931. The Kier molecular flexibility index (Phi) is 4.83. The van der Waals surface area contributed by atoms with Crippen LogP contribution < -0.4 is 4.74 Å². The van der Waals surface area contributed by atoms with Crippen molar-refractivity contribution in [1.82, 2.24) is 9.97 Å². The van der Waals surface area contributed by atoms with Crippen molar-refractivity contribution in [2.45, 2.75) is 13.5 Å². The quantitative estimate of drug-likeness (QED) is 0.661. The number of aromatic nitrogens is 2. The van der Waals surface area contributed by atoms with Gasteiger partial charge in [0.2, 0.25) is 11.7 Å².